The van der Waals surface area contributed by atoms with Gasteiger partial charge in [0.1, 0.15) is 0 Å². The number of rotatable bonds is 3. The Morgan fingerprint density at radius 3 is 2.53 bits per heavy atom. The molecule has 3 nitrogen and oxygen atoms in total. The average molecular weight is 199 g/mol. The third-order valence-electron chi connectivity index (χ3n) is 2.27. The van der Waals surface area contributed by atoms with E-state index < -0.39 is 0 Å². The zero-order valence-electron chi connectivity index (χ0n) is 8.38. The second-order valence-electron chi connectivity index (χ2n) is 3.42. The fourth-order valence-electron chi connectivity index (χ4n) is 1.47. The normalized spacial score (nSPS) is 12.3. The van der Waals surface area contributed by atoms with Crippen LogP contribution in [0.4, 0.5) is 0 Å². The van der Waals surface area contributed by atoms with Gasteiger partial charge in [-0.2, -0.15) is 0 Å². The largest absolute Gasteiger partial charge is 0.322 e. The first kappa shape index (κ1) is 9.80. The minimum absolute atomic E-state index is 0.0476. The summed E-state index contributed by atoms with van der Waals surface area (Å²) in [5.74, 6) is 0. The average Bonchev–Trinajstić information content (AvgIpc) is 2.31. The quantitative estimate of drug-likeness (QED) is 0.818. The molecule has 2 heterocycles. The van der Waals surface area contributed by atoms with Gasteiger partial charge in [0.15, 0.2) is 0 Å². The van der Waals surface area contributed by atoms with Crippen LogP contribution in [0.1, 0.15) is 17.3 Å². The van der Waals surface area contributed by atoms with Gasteiger partial charge in [0.05, 0.1) is 11.7 Å². The molecule has 0 bridgehead atoms. The molecule has 2 rings (SSSR count). The second kappa shape index (κ2) is 4.66. The van der Waals surface area contributed by atoms with Crippen LogP contribution in [0.15, 0.2) is 48.9 Å². The molecule has 0 aliphatic heterocycles. The van der Waals surface area contributed by atoms with Crippen LogP contribution in [-0.2, 0) is 6.42 Å². The number of aromatic nitrogens is 2. The molecule has 0 fully saturated rings. The van der Waals surface area contributed by atoms with Crippen LogP contribution in [0.2, 0.25) is 0 Å². The Labute approximate surface area is 89.0 Å². The SMILES string of the molecule is NC(Cc1ccncc1)c1ccccn1. The van der Waals surface area contributed by atoms with Crippen molar-refractivity contribution in [2.45, 2.75) is 12.5 Å². The molecular weight excluding hydrogens is 186 g/mol. The first-order valence-corrected chi connectivity index (χ1v) is 4.91. The first-order valence-electron chi connectivity index (χ1n) is 4.91. The maximum absolute atomic E-state index is 6.04. The Balaban J connectivity index is 2.08. The molecule has 3 heteroatoms. The van der Waals surface area contributed by atoms with Gasteiger partial charge in [-0.15, -0.1) is 0 Å². The second-order valence-corrected chi connectivity index (χ2v) is 3.42. The van der Waals surface area contributed by atoms with E-state index in [4.69, 9.17) is 5.73 Å². The Morgan fingerprint density at radius 1 is 1.07 bits per heavy atom. The van der Waals surface area contributed by atoms with E-state index in [0.717, 1.165) is 12.1 Å². The highest BCUT2D eigenvalue weighted by Crippen LogP contribution is 2.12. The van der Waals surface area contributed by atoms with Gasteiger partial charge in [-0.05, 0) is 36.2 Å². The van der Waals surface area contributed by atoms with Gasteiger partial charge >= 0.3 is 0 Å². The van der Waals surface area contributed by atoms with Crippen LogP contribution in [0.25, 0.3) is 0 Å². The zero-order chi connectivity index (χ0) is 10.5. The summed E-state index contributed by atoms with van der Waals surface area (Å²) in [6.07, 6.45) is 6.11. The molecule has 15 heavy (non-hydrogen) atoms. The number of nitrogens with zero attached hydrogens (tertiary/aromatic N) is 2. The van der Waals surface area contributed by atoms with Gasteiger partial charge in [-0.3, -0.25) is 9.97 Å². The minimum Gasteiger partial charge on any atom is -0.322 e. The predicted octanol–water partition coefficient (Wildman–Crippen LogP) is 1.72. The van der Waals surface area contributed by atoms with E-state index in [2.05, 4.69) is 9.97 Å². The lowest BCUT2D eigenvalue weighted by Gasteiger charge is -2.10. The summed E-state index contributed by atoms with van der Waals surface area (Å²) >= 11 is 0. The molecule has 2 aromatic heterocycles. The monoisotopic (exact) mass is 199 g/mol. The third-order valence-corrected chi connectivity index (χ3v) is 2.27. The third kappa shape index (κ3) is 2.60. The van der Waals surface area contributed by atoms with E-state index in [9.17, 15) is 0 Å². The lowest BCUT2D eigenvalue weighted by atomic mass is 10.1. The molecule has 0 radical (unpaired) electrons. The summed E-state index contributed by atoms with van der Waals surface area (Å²) in [6.45, 7) is 0. The molecule has 0 amide bonds. The molecule has 2 aromatic rings. The molecule has 0 aliphatic rings. The van der Waals surface area contributed by atoms with Crippen molar-refractivity contribution < 1.29 is 0 Å². The van der Waals surface area contributed by atoms with Crippen molar-refractivity contribution in [2.24, 2.45) is 5.73 Å². The maximum Gasteiger partial charge on any atom is 0.0574 e. The van der Waals surface area contributed by atoms with Crippen LogP contribution in [0.5, 0.6) is 0 Å². The van der Waals surface area contributed by atoms with Gasteiger partial charge in [0.2, 0.25) is 0 Å². The number of nitrogens with two attached hydrogens (primary N) is 1. The van der Waals surface area contributed by atoms with Gasteiger partial charge in [-0.1, -0.05) is 6.07 Å². The lowest BCUT2D eigenvalue weighted by molar-refractivity contribution is 0.696. The minimum atomic E-state index is -0.0476. The highest BCUT2D eigenvalue weighted by Gasteiger charge is 2.07. The molecule has 2 N–H and O–H groups in total. The Kier molecular flexibility index (Phi) is 3.05. The van der Waals surface area contributed by atoms with Crippen LogP contribution in [0, 0.1) is 0 Å². The fraction of sp³-hybridized carbons (Fsp3) is 0.167. The van der Waals surface area contributed by atoms with Gasteiger partial charge in [-0.25, -0.2) is 0 Å². The Bertz CT molecular complexity index is 400. The van der Waals surface area contributed by atoms with Crippen molar-refractivity contribution in [3.8, 4) is 0 Å². The number of hydrogen-bond donors (Lipinski definition) is 1. The summed E-state index contributed by atoms with van der Waals surface area (Å²) in [6, 6.07) is 9.70. The van der Waals surface area contributed by atoms with Crippen molar-refractivity contribution in [3.63, 3.8) is 0 Å². The Hall–Kier alpha value is -1.74. The van der Waals surface area contributed by atoms with Crippen LogP contribution < -0.4 is 5.73 Å². The number of hydrogen-bond acceptors (Lipinski definition) is 3. The molecule has 0 aromatic carbocycles. The molecule has 1 unspecified atom stereocenters. The van der Waals surface area contributed by atoms with Crippen LogP contribution in [-0.4, -0.2) is 9.97 Å². The van der Waals surface area contributed by atoms with Crippen molar-refractivity contribution in [2.75, 3.05) is 0 Å². The van der Waals surface area contributed by atoms with Crippen molar-refractivity contribution >= 4 is 0 Å². The summed E-state index contributed by atoms with van der Waals surface area (Å²) in [5, 5.41) is 0. The molecular formula is C12H13N3. The van der Waals surface area contributed by atoms with Crippen molar-refractivity contribution in [1.29, 1.82) is 0 Å². The van der Waals surface area contributed by atoms with Crippen molar-refractivity contribution in [3.05, 3.63) is 60.2 Å². The Morgan fingerprint density at radius 2 is 1.87 bits per heavy atom. The molecule has 0 saturated carbocycles. The zero-order valence-corrected chi connectivity index (χ0v) is 8.38. The standard InChI is InChI=1S/C12H13N3/c13-11(12-3-1-2-6-15-12)9-10-4-7-14-8-5-10/h1-8,11H,9,13H2. The molecule has 76 valence electrons. The predicted molar refractivity (Wildman–Crippen MR) is 59.1 cm³/mol. The van der Waals surface area contributed by atoms with Gasteiger partial charge in [0, 0.05) is 18.6 Å². The lowest BCUT2D eigenvalue weighted by Crippen LogP contribution is -2.14. The first-order chi connectivity index (χ1) is 7.36. The van der Waals surface area contributed by atoms with Gasteiger partial charge in [0.25, 0.3) is 0 Å². The smallest absolute Gasteiger partial charge is 0.0574 e. The van der Waals surface area contributed by atoms with E-state index >= 15 is 0 Å². The van der Waals surface area contributed by atoms with E-state index in [1.807, 2.05) is 30.3 Å². The summed E-state index contributed by atoms with van der Waals surface area (Å²) in [4.78, 5) is 8.20. The highest BCUT2D eigenvalue weighted by atomic mass is 14.8. The van der Waals surface area contributed by atoms with E-state index in [1.165, 1.54) is 5.56 Å². The summed E-state index contributed by atoms with van der Waals surface area (Å²) in [5.41, 5.74) is 8.15. The molecule has 0 aliphatic carbocycles. The maximum atomic E-state index is 6.04. The number of pyridine rings is 2. The van der Waals surface area contributed by atoms with Crippen molar-refractivity contribution in [1.82, 2.24) is 9.97 Å². The van der Waals surface area contributed by atoms with E-state index in [-0.39, 0.29) is 6.04 Å². The summed E-state index contributed by atoms with van der Waals surface area (Å²) < 4.78 is 0. The topological polar surface area (TPSA) is 51.8 Å². The summed E-state index contributed by atoms with van der Waals surface area (Å²) in [7, 11) is 0. The van der Waals surface area contributed by atoms with Gasteiger partial charge < -0.3 is 5.73 Å². The fourth-order valence-corrected chi connectivity index (χ4v) is 1.47. The van der Waals surface area contributed by atoms with Crippen LogP contribution in [0.3, 0.4) is 0 Å². The molecule has 1 atom stereocenters. The van der Waals surface area contributed by atoms with Crippen LogP contribution >= 0.6 is 0 Å². The van der Waals surface area contributed by atoms with E-state index in [1.54, 1.807) is 18.6 Å². The molecule has 0 spiro atoms. The van der Waals surface area contributed by atoms with E-state index in [0.29, 0.717) is 0 Å². The molecule has 0 saturated heterocycles. The highest BCUT2D eigenvalue weighted by molar-refractivity contribution is 5.16.